The second kappa shape index (κ2) is 8.36. The minimum atomic E-state index is -0.574. The maximum Gasteiger partial charge on any atom is 0.246 e. The summed E-state index contributed by atoms with van der Waals surface area (Å²) in [6.07, 6.45) is 0. The van der Waals surface area contributed by atoms with Gasteiger partial charge in [0.15, 0.2) is 0 Å². The van der Waals surface area contributed by atoms with Crippen molar-refractivity contribution in [3.63, 3.8) is 0 Å². The minimum Gasteiger partial charge on any atom is -0.383 e. The van der Waals surface area contributed by atoms with E-state index in [0.717, 1.165) is 0 Å². The Morgan fingerprint density at radius 3 is 2.35 bits per heavy atom. The lowest BCUT2D eigenvalue weighted by molar-refractivity contribution is -0.137. The maximum absolute atomic E-state index is 12.2. The van der Waals surface area contributed by atoms with Gasteiger partial charge >= 0.3 is 0 Å². The maximum atomic E-state index is 12.2. The monoisotopic (exact) mass is 262 g/mol. The fraction of sp³-hybridized carbons (Fsp3) is 0.818. The molecule has 0 aromatic rings. The number of methoxy groups -OCH3 is 1. The van der Waals surface area contributed by atoms with Gasteiger partial charge in [0.1, 0.15) is 6.04 Å². The van der Waals surface area contributed by atoms with Crippen LogP contribution in [0.3, 0.4) is 0 Å². The molecule has 0 heterocycles. The van der Waals surface area contributed by atoms with E-state index < -0.39 is 6.04 Å². The van der Waals surface area contributed by atoms with Crippen LogP contribution < -0.4 is 5.32 Å². The van der Waals surface area contributed by atoms with E-state index in [0.29, 0.717) is 13.2 Å². The smallest absolute Gasteiger partial charge is 0.246 e. The Hall–Kier alpha value is -0.750. The Kier molecular flexibility index (Phi) is 7.99. The highest BCUT2D eigenvalue weighted by Gasteiger charge is 2.25. The molecule has 1 N–H and O–H groups in total. The van der Waals surface area contributed by atoms with Gasteiger partial charge in [-0.2, -0.15) is 12.6 Å². The van der Waals surface area contributed by atoms with Gasteiger partial charge in [-0.15, -0.1) is 0 Å². The second-order valence-electron chi connectivity index (χ2n) is 4.05. The van der Waals surface area contributed by atoms with E-state index in [1.807, 2.05) is 13.8 Å². The zero-order valence-corrected chi connectivity index (χ0v) is 11.8. The Balaban J connectivity index is 4.60. The van der Waals surface area contributed by atoms with Crippen LogP contribution in [0.2, 0.25) is 0 Å². The molecule has 0 aliphatic heterocycles. The average Bonchev–Trinajstić information content (AvgIpc) is 2.25. The Labute approximate surface area is 108 Å². The molecule has 1 unspecified atom stereocenters. The van der Waals surface area contributed by atoms with Gasteiger partial charge in [0.25, 0.3) is 0 Å². The van der Waals surface area contributed by atoms with Crippen molar-refractivity contribution >= 4 is 24.4 Å². The number of ether oxygens (including phenoxy) is 1. The van der Waals surface area contributed by atoms with Gasteiger partial charge in [-0.25, -0.2) is 0 Å². The molecule has 0 saturated carbocycles. The Morgan fingerprint density at radius 2 is 2.00 bits per heavy atom. The van der Waals surface area contributed by atoms with E-state index in [-0.39, 0.29) is 23.6 Å². The first-order chi connectivity index (χ1) is 7.93. The molecule has 6 heteroatoms. The van der Waals surface area contributed by atoms with Crippen LogP contribution >= 0.6 is 12.6 Å². The first-order valence-electron chi connectivity index (χ1n) is 5.61. The van der Waals surface area contributed by atoms with Crippen LogP contribution in [0.15, 0.2) is 0 Å². The molecule has 0 radical (unpaired) electrons. The molecule has 0 aromatic heterocycles. The fourth-order valence-corrected chi connectivity index (χ4v) is 1.69. The summed E-state index contributed by atoms with van der Waals surface area (Å²) >= 11 is 4.09. The molecule has 2 amide bonds. The first kappa shape index (κ1) is 16.2. The van der Waals surface area contributed by atoms with E-state index in [2.05, 4.69) is 17.9 Å². The molecule has 1 atom stereocenters. The van der Waals surface area contributed by atoms with Crippen molar-refractivity contribution in [2.45, 2.75) is 32.9 Å². The van der Waals surface area contributed by atoms with E-state index >= 15 is 0 Å². The summed E-state index contributed by atoms with van der Waals surface area (Å²) in [4.78, 5) is 24.8. The minimum absolute atomic E-state index is 0.0637. The Morgan fingerprint density at radius 1 is 1.41 bits per heavy atom. The van der Waals surface area contributed by atoms with Crippen LogP contribution in [0.1, 0.15) is 20.8 Å². The lowest BCUT2D eigenvalue weighted by Gasteiger charge is -2.30. The average molecular weight is 262 g/mol. The molecule has 100 valence electrons. The third-order valence-corrected chi connectivity index (χ3v) is 2.67. The molecule has 17 heavy (non-hydrogen) atoms. The summed E-state index contributed by atoms with van der Waals surface area (Å²) < 4.78 is 4.97. The van der Waals surface area contributed by atoms with E-state index in [1.165, 1.54) is 6.92 Å². The molecule has 5 nitrogen and oxygen atoms in total. The van der Waals surface area contributed by atoms with Crippen molar-refractivity contribution < 1.29 is 14.3 Å². The van der Waals surface area contributed by atoms with Crippen LogP contribution in [0.4, 0.5) is 0 Å². The molecule has 0 fully saturated rings. The summed E-state index contributed by atoms with van der Waals surface area (Å²) in [6, 6.07) is -0.510. The lowest BCUT2D eigenvalue weighted by Crippen LogP contribution is -2.52. The van der Waals surface area contributed by atoms with Gasteiger partial charge in [0, 0.05) is 32.4 Å². The van der Waals surface area contributed by atoms with Crippen LogP contribution in [0, 0.1) is 0 Å². The SMILES string of the molecule is COCCN(C(=O)C(CS)NC(C)=O)C(C)C. The topological polar surface area (TPSA) is 58.6 Å². The van der Waals surface area contributed by atoms with Crippen molar-refractivity contribution in [3.05, 3.63) is 0 Å². The van der Waals surface area contributed by atoms with Crippen LogP contribution in [-0.4, -0.2) is 54.8 Å². The van der Waals surface area contributed by atoms with Gasteiger partial charge in [-0.1, -0.05) is 0 Å². The summed E-state index contributed by atoms with van der Waals surface area (Å²) in [5.41, 5.74) is 0. The summed E-state index contributed by atoms with van der Waals surface area (Å²) in [6.45, 7) is 6.23. The molecule has 0 bridgehead atoms. The molecule has 0 rings (SSSR count). The van der Waals surface area contributed by atoms with Crippen LogP contribution in [0.5, 0.6) is 0 Å². The largest absolute Gasteiger partial charge is 0.383 e. The van der Waals surface area contributed by atoms with Crippen LogP contribution in [-0.2, 0) is 14.3 Å². The second-order valence-corrected chi connectivity index (χ2v) is 4.42. The number of nitrogens with one attached hydrogen (secondary N) is 1. The highest BCUT2D eigenvalue weighted by Crippen LogP contribution is 2.03. The number of carbonyl (C=O) groups excluding carboxylic acids is 2. The highest BCUT2D eigenvalue weighted by molar-refractivity contribution is 7.80. The third kappa shape index (κ3) is 5.93. The summed E-state index contributed by atoms with van der Waals surface area (Å²) in [5.74, 6) is -0.0654. The van der Waals surface area contributed by atoms with Gasteiger partial charge in [-0.05, 0) is 13.8 Å². The number of nitrogens with zero attached hydrogens (tertiary/aromatic N) is 1. The van der Waals surface area contributed by atoms with Gasteiger partial charge < -0.3 is 15.0 Å². The summed E-state index contributed by atoms with van der Waals surface area (Å²) in [5, 5.41) is 2.59. The fourth-order valence-electron chi connectivity index (χ4n) is 1.44. The van der Waals surface area contributed by atoms with Crippen molar-refractivity contribution in [1.82, 2.24) is 10.2 Å². The first-order valence-corrected chi connectivity index (χ1v) is 6.24. The van der Waals surface area contributed by atoms with Gasteiger partial charge in [0.05, 0.1) is 6.61 Å². The quantitative estimate of drug-likeness (QED) is 0.649. The number of carbonyl (C=O) groups is 2. The highest BCUT2D eigenvalue weighted by atomic mass is 32.1. The molecule has 0 aliphatic carbocycles. The zero-order chi connectivity index (χ0) is 13.4. The number of hydrogen-bond acceptors (Lipinski definition) is 4. The number of thiol groups is 1. The summed E-state index contributed by atoms with van der Waals surface area (Å²) in [7, 11) is 1.59. The van der Waals surface area contributed by atoms with E-state index in [9.17, 15) is 9.59 Å². The molecule has 0 aromatic carbocycles. The number of hydrogen-bond donors (Lipinski definition) is 2. The van der Waals surface area contributed by atoms with E-state index in [4.69, 9.17) is 4.74 Å². The van der Waals surface area contributed by atoms with Crippen molar-refractivity contribution in [1.29, 1.82) is 0 Å². The number of rotatable bonds is 7. The van der Waals surface area contributed by atoms with Gasteiger partial charge in [0.2, 0.25) is 11.8 Å². The molecule has 0 aliphatic rings. The van der Waals surface area contributed by atoms with Crippen molar-refractivity contribution in [3.8, 4) is 0 Å². The molecular weight excluding hydrogens is 240 g/mol. The van der Waals surface area contributed by atoms with E-state index in [1.54, 1.807) is 12.0 Å². The zero-order valence-electron chi connectivity index (χ0n) is 10.9. The molecule has 0 spiro atoms. The molecular formula is C11H22N2O3S. The lowest BCUT2D eigenvalue weighted by atomic mass is 10.2. The normalized spacial score (nSPS) is 12.4. The van der Waals surface area contributed by atoms with Crippen molar-refractivity contribution in [2.24, 2.45) is 0 Å². The number of amides is 2. The van der Waals surface area contributed by atoms with Crippen molar-refractivity contribution in [2.75, 3.05) is 26.0 Å². The van der Waals surface area contributed by atoms with Gasteiger partial charge in [-0.3, -0.25) is 9.59 Å². The molecule has 0 saturated heterocycles. The third-order valence-electron chi connectivity index (χ3n) is 2.30. The predicted octanol–water partition coefficient (Wildman–Crippen LogP) is 0.304. The van der Waals surface area contributed by atoms with Crippen LogP contribution in [0.25, 0.3) is 0 Å². The Bertz CT molecular complexity index is 259. The standard InChI is InChI=1S/C11H22N2O3S/c1-8(2)13(5-6-16-4)11(15)10(7-17)12-9(3)14/h8,10,17H,5-7H2,1-4H3,(H,12,14). The predicted molar refractivity (Wildman–Crippen MR) is 70.2 cm³/mol.